The molecule has 0 aliphatic rings. The van der Waals surface area contributed by atoms with Crippen molar-refractivity contribution in [3.8, 4) is 11.5 Å². The van der Waals surface area contributed by atoms with Crippen LogP contribution in [-0.4, -0.2) is 31.8 Å². The normalized spacial score (nSPS) is 11.2. The molecule has 5 heteroatoms. The minimum Gasteiger partial charge on any atom is -0.497 e. The first-order chi connectivity index (χ1) is 10.0. The number of hydrogen-bond acceptors (Lipinski definition) is 4. The minimum atomic E-state index is -0.752. The molecule has 0 fully saturated rings. The summed E-state index contributed by atoms with van der Waals surface area (Å²) in [5.74, 6) is 0.762. The molecule has 0 atom stereocenters. The fraction of sp³-hybridized carbons (Fsp3) is 0.562. The number of carboxylic acid groups (broad SMARTS) is 1. The molecule has 0 saturated carbocycles. The van der Waals surface area contributed by atoms with E-state index in [9.17, 15) is 9.90 Å². The first kappa shape index (κ1) is 17.3. The molecule has 0 aliphatic carbocycles. The van der Waals surface area contributed by atoms with Crippen LogP contribution in [0.3, 0.4) is 0 Å². The molecule has 0 bridgehead atoms. The number of benzene rings is 1. The van der Waals surface area contributed by atoms with Gasteiger partial charge in [0.15, 0.2) is 0 Å². The van der Waals surface area contributed by atoms with Gasteiger partial charge in [0, 0.05) is 18.7 Å². The summed E-state index contributed by atoms with van der Waals surface area (Å²) in [5.41, 5.74) is 0.231. The van der Waals surface area contributed by atoms with Gasteiger partial charge in [0.25, 0.3) is 0 Å². The summed E-state index contributed by atoms with van der Waals surface area (Å²) in [6.45, 7) is 4.78. The average molecular weight is 295 g/mol. The third-order valence-electron chi connectivity index (χ3n) is 4.07. The van der Waals surface area contributed by atoms with Crippen molar-refractivity contribution in [1.29, 1.82) is 0 Å². The topological polar surface area (TPSA) is 67.8 Å². The SMILES string of the molecule is CCC(CC)(CNCc1cc(OC)ccc1OC)C(=O)O. The van der Waals surface area contributed by atoms with Gasteiger partial charge in [-0.25, -0.2) is 0 Å². The van der Waals surface area contributed by atoms with Gasteiger partial charge in [-0.15, -0.1) is 0 Å². The fourth-order valence-electron chi connectivity index (χ4n) is 2.33. The van der Waals surface area contributed by atoms with Crippen molar-refractivity contribution in [3.05, 3.63) is 23.8 Å². The van der Waals surface area contributed by atoms with E-state index in [4.69, 9.17) is 9.47 Å². The van der Waals surface area contributed by atoms with E-state index in [1.807, 2.05) is 32.0 Å². The Balaban J connectivity index is 2.77. The Morgan fingerprint density at radius 2 is 1.90 bits per heavy atom. The lowest BCUT2D eigenvalue weighted by atomic mass is 9.82. The number of ether oxygens (including phenoxy) is 2. The molecule has 1 aromatic rings. The highest BCUT2D eigenvalue weighted by atomic mass is 16.5. The lowest BCUT2D eigenvalue weighted by Gasteiger charge is -2.27. The van der Waals surface area contributed by atoms with Crippen molar-refractivity contribution in [2.75, 3.05) is 20.8 Å². The molecule has 1 aromatic carbocycles. The maximum Gasteiger partial charge on any atom is 0.310 e. The summed E-state index contributed by atoms with van der Waals surface area (Å²) in [4.78, 5) is 11.5. The molecule has 0 amide bonds. The van der Waals surface area contributed by atoms with Gasteiger partial charge in [0.2, 0.25) is 0 Å². The van der Waals surface area contributed by atoms with Gasteiger partial charge in [-0.3, -0.25) is 4.79 Å². The van der Waals surface area contributed by atoms with Crippen LogP contribution in [0.4, 0.5) is 0 Å². The predicted molar refractivity (Wildman–Crippen MR) is 81.9 cm³/mol. The maximum absolute atomic E-state index is 11.5. The van der Waals surface area contributed by atoms with E-state index >= 15 is 0 Å². The highest BCUT2D eigenvalue weighted by Crippen LogP contribution is 2.27. The molecule has 0 aliphatic heterocycles. The average Bonchev–Trinajstić information content (AvgIpc) is 2.51. The molecule has 0 heterocycles. The highest BCUT2D eigenvalue weighted by molar-refractivity contribution is 5.74. The van der Waals surface area contributed by atoms with Crippen LogP contribution in [0.15, 0.2) is 18.2 Å². The molecular weight excluding hydrogens is 270 g/mol. The molecule has 0 spiro atoms. The molecule has 0 unspecified atom stereocenters. The van der Waals surface area contributed by atoms with Gasteiger partial charge in [-0.05, 0) is 31.0 Å². The van der Waals surface area contributed by atoms with Crippen LogP contribution in [-0.2, 0) is 11.3 Å². The third-order valence-corrected chi connectivity index (χ3v) is 4.07. The number of methoxy groups -OCH3 is 2. The molecule has 1 rings (SSSR count). The monoisotopic (exact) mass is 295 g/mol. The quantitative estimate of drug-likeness (QED) is 0.733. The summed E-state index contributed by atoms with van der Waals surface area (Å²) in [6, 6.07) is 5.58. The second-order valence-electron chi connectivity index (χ2n) is 5.07. The first-order valence-electron chi connectivity index (χ1n) is 7.18. The van der Waals surface area contributed by atoms with Crippen molar-refractivity contribution in [2.45, 2.75) is 33.2 Å². The van der Waals surface area contributed by atoms with E-state index in [0.29, 0.717) is 25.9 Å². The smallest absolute Gasteiger partial charge is 0.310 e. The number of rotatable bonds is 9. The van der Waals surface area contributed by atoms with E-state index in [1.165, 1.54) is 0 Å². The van der Waals surface area contributed by atoms with Crippen LogP contribution in [0.5, 0.6) is 11.5 Å². The summed E-state index contributed by atoms with van der Waals surface area (Å²) in [6.07, 6.45) is 1.20. The number of carbonyl (C=O) groups is 1. The molecule has 21 heavy (non-hydrogen) atoms. The van der Waals surface area contributed by atoms with Gasteiger partial charge in [-0.1, -0.05) is 13.8 Å². The summed E-state index contributed by atoms with van der Waals surface area (Å²) in [7, 11) is 3.23. The lowest BCUT2D eigenvalue weighted by molar-refractivity contribution is -0.149. The second-order valence-corrected chi connectivity index (χ2v) is 5.07. The van der Waals surface area contributed by atoms with Gasteiger partial charge in [-0.2, -0.15) is 0 Å². The van der Waals surface area contributed by atoms with Gasteiger partial charge in [0.1, 0.15) is 11.5 Å². The Labute approximate surface area is 126 Å². The number of carboxylic acids is 1. The van der Waals surface area contributed by atoms with Crippen molar-refractivity contribution in [1.82, 2.24) is 5.32 Å². The zero-order chi connectivity index (χ0) is 15.9. The van der Waals surface area contributed by atoms with Crippen molar-refractivity contribution in [2.24, 2.45) is 5.41 Å². The van der Waals surface area contributed by atoms with Crippen LogP contribution < -0.4 is 14.8 Å². The van der Waals surface area contributed by atoms with Crippen LogP contribution in [0.25, 0.3) is 0 Å². The van der Waals surface area contributed by atoms with E-state index in [-0.39, 0.29) is 0 Å². The van der Waals surface area contributed by atoms with Crippen molar-refractivity contribution in [3.63, 3.8) is 0 Å². The highest BCUT2D eigenvalue weighted by Gasteiger charge is 2.34. The molecule has 5 nitrogen and oxygen atoms in total. The van der Waals surface area contributed by atoms with E-state index in [0.717, 1.165) is 17.1 Å². The lowest BCUT2D eigenvalue weighted by Crippen LogP contribution is -2.40. The summed E-state index contributed by atoms with van der Waals surface area (Å²) < 4.78 is 10.5. The van der Waals surface area contributed by atoms with Crippen LogP contribution in [0.2, 0.25) is 0 Å². The predicted octanol–water partition coefficient (Wildman–Crippen LogP) is 2.68. The van der Waals surface area contributed by atoms with E-state index < -0.39 is 11.4 Å². The Morgan fingerprint density at radius 3 is 2.38 bits per heavy atom. The van der Waals surface area contributed by atoms with Gasteiger partial charge < -0.3 is 19.9 Å². The summed E-state index contributed by atoms with van der Waals surface area (Å²) in [5, 5.41) is 12.7. The molecule has 118 valence electrons. The van der Waals surface area contributed by atoms with Crippen molar-refractivity contribution < 1.29 is 19.4 Å². The van der Waals surface area contributed by atoms with E-state index in [2.05, 4.69) is 5.32 Å². The largest absolute Gasteiger partial charge is 0.497 e. The number of aliphatic carboxylic acids is 1. The minimum absolute atomic E-state index is 0.426. The number of nitrogens with one attached hydrogen (secondary N) is 1. The zero-order valence-corrected chi connectivity index (χ0v) is 13.2. The Bertz CT molecular complexity index is 469. The molecular formula is C16H25NO4. The van der Waals surface area contributed by atoms with Gasteiger partial charge >= 0.3 is 5.97 Å². The van der Waals surface area contributed by atoms with Crippen LogP contribution in [0.1, 0.15) is 32.3 Å². The zero-order valence-electron chi connectivity index (χ0n) is 13.2. The van der Waals surface area contributed by atoms with E-state index in [1.54, 1.807) is 14.2 Å². The number of hydrogen-bond donors (Lipinski definition) is 2. The molecule has 0 saturated heterocycles. The molecule has 0 radical (unpaired) electrons. The third kappa shape index (κ3) is 4.11. The van der Waals surface area contributed by atoms with Gasteiger partial charge in [0.05, 0.1) is 19.6 Å². The summed E-state index contributed by atoms with van der Waals surface area (Å²) >= 11 is 0. The molecule has 2 N–H and O–H groups in total. The molecule has 0 aromatic heterocycles. The maximum atomic E-state index is 11.5. The second kappa shape index (κ2) is 7.88. The standard InChI is InChI=1S/C16H25NO4/c1-5-16(6-2,15(18)19)11-17-10-12-9-13(20-3)7-8-14(12)21-4/h7-9,17H,5-6,10-11H2,1-4H3,(H,18,19). The van der Waals surface area contributed by atoms with Crippen LogP contribution in [0, 0.1) is 5.41 Å². The first-order valence-corrected chi connectivity index (χ1v) is 7.18. The Hall–Kier alpha value is -1.75. The van der Waals surface area contributed by atoms with Crippen LogP contribution >= 0.6 is 0 Å². The van der Waals surface area contributed by atoms with Crippen molar-refractivity contribution >= 4 is 5.97 Å². The Kier molecular flexibility index (Phi) is 6.49. The fourth-order valence-corrected chi connectivity index (χ4v) is 2.33. The Morgan fingerprint density at radius 1 is 1.24 bits per heavy atom.